The number of halogens is 4. The van der Waals surface area contributed by atoms with Gasteiger partial charge in [-0.05, 0) is 0 Å². The Morgan fingerprint density at radius 3 is 0.382 bits per heavy atom. The molecular formula is C50H44Cl4O8P4W2-12. The van der Waals surface area contributed by atoms with Gasteiger partial charge in [0.05, 0.1) is 11.8 Å². The molecule has 0 aromatic heterocycles. The van der Waals surface area contributed by atoms with E-state index in [-0.39, 0.29) is 125 Å². The summed E-state index contributed by atoms with van der Waals surface area (Å²) in [4.78, 5) is 0. The second-order valence-corrected chi connectivity index (χ2v) is 26.2. The molecule has 8 aromatic rings. The van der Waals surface area contributed by atoms with Gasteiger partial charge in [-0.1, -0.05) is 243 Å². The first-order chi connectivity index (χ1) is 28.3. The van der Waals surface area contributed by atoms with Gasteiger partial charge in [0.15, 0.2) is 28.6 Å². The second kappa shape index (κ2) is 33.6. The summed E-state index contributed by atoms with van der Waals surface area (Å²) in [5.74, 6) is 0.171. The van der Waals surface area contributed by atoms with Crippen LogP contribution in [-0.2, 0) is 82.3 Å². The first kappa shape index (κ1) is 71.6. The van der Waals surface area contributed by atoms with Crippen LogP contribution in [0.1, 0.15) is 0 Å². The van der Waals surface area contributed by atoms with Crippen LogP contribution >= 0.6 is 28.6 Å². The Labute approximate surface area is 453 Å². The van der Waals surface area contributed by atoms with E-state index < -0.39 is 28.6 Å². The summed E-state index contributed by atoms with van der Waals surface area (Å²) in [5.41, 5.74) is 0. The fourth-order valence-corrected chi connectivity index (χ4v) is 23.3. The van der Waals surface area contributed by atoms with Crippen LogP contribution < -0.4 is 92.1 Å². The molecule has 8 nitrogen and oxygen atoms in total. The number of hydrogen-bond donors (Lipinski definition) is 0. The summed E-state index contributed by atoms with van der Waals surface area (Å²) in [6.45, 7) is 0. The van der Waals surface area contributed by atoms with E-state index in [1.807, 2.05) is 243 Å². The molecule has 8 rings (SSSR count). The van der Waals surface area contributed by atoms with Crippen molar-refractivity contribution in [1.82, 2.24) is 0 Å². The monoisotopic (exact) mass is 1400 g/mol. The van der Waals surface area contributed by atoms with E-state index in [4.69, 9.17) is 0 Å². The molecule has 0 unspecified atom stereocenters. The van der Waals surface area contributed by atoms with Crippen molar-refractivity contribution in [3.8, 4) is 0 Å². The Morgan fingerprint density at radius 1 is 0.206 bits per heavy atom. The van der Waals surface area contributed by atoms with Gasteiger partial charge in [-0.15, -0.1) is 0 Å². The van der Waals surface area contributed by atoms with Crippen LogP contribution in [0.4, 0.5) is 0 Å². The molecule has 18 heteroatoms. The summed E-state index contributed by atoms with van der Waals surface area (Å²) in [5, 5.41) is 5.88. The molecule has 0 aliphatic rings. The van der Waals surface area contributed by atoms with E-state index in [1.165, 1.54) is 0 Å². The molecule has 0 atom stereocenters. The Bertz CT molecular complexity index is 2190. The third-order valence-corrected chi connectivity index (χ3v) is 25.6. The van der Waals surface area contributed by atoms with E-state index in [1.54, 1.807) is 0 Å². The number of benzene rings is 8. The van der Waals surface area contributed by atoms with Crippen molar-refractivity contribution in [2.45, 2.75) is 0 Å². The molecule has 0 saturated carbocycles. The Kier molecular flexibility index (Phi) is 35.4. The van der Waals surface area contributed by atoms with E-state index >= 15 is 0 Å². The molecule has 0 radical (unpaired) electrons. The predicted octanol–water partition coefficient (Wildman–Crippen LogP) is -2.52. The minimum atomic E-state index is -3.14. The zero-order valence-electron chi connectivity index (χ0n) is 35.9. The summed E-state index contributed by atoms with van der Waals surface area (Å²) < 4.78 is 58.4. The predicted molar refractivity (Wildman–Crippen MR) is 252 cm³/mol. The van der Waals surface area contributed by atoms with Crippen LogP contribution in [0.15, 0.2) is 243 Å². The topological polar surface area (TPSA) is 182 Å². The van der Waals surface area contributed by atoms with Crippen LogP contribution in [0.5, 0.6) is 0 Å². The van der Waals surface area contributed by atoms with Crippen molar-refractivity contribution >= 4 is 71.0 Å². The van der Waals surface area contributed by atoms with Crippen molar-refractivity contribution in [2.75, 3.05) is 11.8 Å². The maximum Gasteiger partial charge on any atom is 0.150 e. The molecule has 0 aliphatic carbocycles. The van der Waals surface area contributed by atoms with Gasteiger partial charge in [0.2, 0.25) is 0 Å². The smallest absolute Gasteiger partial charge is 0.150 e. The molecule has 0 heterocycles. The summed E-state index contributed by atoms with van der Waals surface area (Å²) in [6.07, 6.45) is 0. The maximum atomic E-state index is 14.6. The minimum Gasteiger partial charge on any atom is -2.00 e. The Morgan fingerprint density at radius 2 is 0.294 bits per heavy atom. The largest absolute Gasteiger partial charge is 2.00 e. The molecule has 8 aromatic carbocycles. The van der Waals surface area contributed by atoms with Crippen LogP contribution in [0.25, 0.3) is 0 Å². The van der Waals surface area contributed by atoms with Gasteiger partial charge in [0.25, 0.3) is 0 Å². The van der Waals surface area contributed by atoms with E-state index in [9.17, 15) is 18.3 Å². The van der Waals surface area contributed by atoms with Crippen molar-refractivity contribution in [2.24, 2.45) is 0 Å². The molecular weight excluding hydrogens is 1360 g/mol. The van der Waals surface area contributed by atoms with Gasteiger partial charge in [0, 0.05) is 84.6 Å². The molecule has 0 N–H and O–H groups in total. The second-order valence-electron chi connectivity index (χ2n) is 13.9. The molecule has 0 bridgehead atoms. The molecule has 364 valence electrons. The van der Waals surface area contributed by atoms with Crippen LogP contribution in [0.3, 0.4) is 0 Å². The van der Waals surface area contributed by atoms with Gasteiger partial charge in [-0.2, -0.15) is 0 Å². The van der Waals surface area contributed by atoms with E-state index in [0.29, 0.717) is 0 Å². The van der Waals surface area contributed by atoms with Gasteiger partial charge in [-0.25, -0.2) is 0 Å². The third-order valence-electron chi connectivity index (χ3n) is 10.2. The summed E-state index contributed by atoms with van der Waals surface area (Å²) >= 11 is 0. The Hall–Kier alpha value is -2.94. The van der Waals surface area contributed by atoms with Crippen LogP contribution in [-0.4, -0.2) is 11.8 Å². The first-order valence-electron chi connectivity index (χ1n) is 19.1. The molecule has 0 aliphatic heterocycles. The summed E-state index contributed by atoms with van der Waals surface area (Å²) in [6, 6.07) is 75.6. The zero-order valence-corrected chi connectivity index (χ0v) is 48.4. The van der Waals surface area contributed by atoms with Gasteiger partial charge in [0.1, 0.15) is 0 Å². The normalized spacial score (nSPS) is 10.1. The molecule has 0 fully saturated rings. The fourth-order valence-electron chi connectivity index (χ4n) is 7.16. The first-order valence-corrected chi connectivity index (χ1v) is 26.6. The summed E-state index contributed by atoms with van der Waals surface area (Å²) in [7, 11) is -12.6. The maximum absolute atomic E-state index is 14.6. The van der Waals surface area contributed by atoms with E-state index in [0.717, 1.165) is 42.4 Å². The number of hydrogen-bond acceptors (Lipinski definition) is 4. The molecule has 0 saturated heterocycles. The van der Waals surface area contributed by atoms with Crippen molar-refractivity contribution in [3.63, 3.8) is 0 Å². The minimum absolute atomic E-state index is 0. The van der Waals surface area contributed by atoms with Crippen molar-refractivity contribution in [1.29, 1.82) is 0 Å². The quantitative estimate of drug-likeness (QED) is 0.123. The van der Waals surface area contributed by atoms with Gasteiger partial charge in [-0.3, -0.25) is 0 Å². The molecule has 68 heavy (non-hydrogen) atoms. The van der Waals surface area contributed by atoms with Crippen molar-refractivity contribution < 1.29 is 132 Å². The molecule has 0 spiro atoms. The standard InChI is InChI=1S/2C25H22O2P2.4ClH.4O.2W/c2*26-28(22-13-5-1-6-14-22,23-15-7-2-8-16-23)21-29(27,24-17-9-3-10-18-24)25-19-11-4-12-20-25;;;;;;;;;;/h2*1-20H,21H2;4*1H;;;;;;/q;;;;;;4*-2;;/p-4. The third kappa shape index (κ3) is 16.6. The fraction of sp³-hybridized carbons (Fsp3) is 0.0400. The average molecular weight is 1410 g/mol. The Balaban J connectivity index is -0.000000525. The zero-order chi connectivity index (χ0) is 40.3. The molecule has 0 amide bonds. The van der Waals surface area contributed by atoms with Gasteiger partial charge < -0.3 is 89.8 Å². The average Bonchev–Trinajstić information content (AvgIpc) is 3.31. The van der Waals surface area contributed by atoms with Gasteiger partial charge >= 0.3 is 0 Å². The van der Waals surface area contributed by atoms with Crippen molar-refractivity contribution in [3.05, 3.63) is 243 Å². The number of rotatable bonds is 12. The van der Waals surface area contributed by atoms with E-state index in [2.05, 4.69) is 0 Å². The van der Waals surface area contributed by atoms with Crippen LogP contribution in [0.2, 0.25) is 0 Å². The SMILES string of the molecule is O=P(CP(=O)(c1ccccc1)c1ccccc1)(c1ccccc1)c1ccccc1.O=P(CP(=O)(c1ccccc1)c1ccccc1)(c1ccccc1)c1ccccc1.[Cl-].[Cl-].[Cl-].[Cl-].[O-2].[O-2].[O-2].[O-2].[W].[W]. The van der Waals surface area contributed by atoms with Crippen LogP contribution in [0, 0.1) is 0 Å².